The van der Waals surface area contributed by atoms with Crippen molar-refractivity contribution in [2.45, 2.75) is 55.5 Å². The van der Waals surface area contributed by atoms with Crippen molar-refractivity contribution in [3.05, 3.63) is 24.3 Å². The highest BCUT2D eigenvalue weighted by atomic mass is 79.9. The number of para-hydroxylation sites is 2. The number of fused-ring (bicyclic) bond motifs is 1. The highest BCUT2D eigenvalue weighted by Crippen LogP contribution is 2.37. The topological polar surface area (TPSA) is 47.4 Å². The second kappa shape index (κ2) is 7.08. The van der Waals surface area contributed by atoms with Crippen LogP contribution in [0.25, 0.3) is 11.0 Å². The van der Waals surface area contributed by atoms with Crippen LogP contribution in [0.15, 0.2) is 24.3 Å². The number of anilines is 1. The molecule has 1 aromatic heterocycles. The third kappa shape index (κ3) is 3.22. The molecule has 0 radical (unpaired) electrons. The number of nitrogens with zero attached hydrogens (tertiary/aromatic N) is 3. The van der Waals surface area contributed by atoms with Crippen LogP contribution in [0.1, 0.15) is 44.6 Å². The number of benzene rings is 1. The summed E-state index contributed by atoms with van der Waals surface area (Å²) in [6, 6.07) is 8.59. The van der Waals surface area contributed by atoms with Crippen LogP contribution in [0.2, 0.25) is 0 Å². The van der Waals surface area contributed by atoms with E-state index in [-0.39, 0.29) is 5.91 Å². The van der Waals surface area contributed by atoms with Crippen molar-refractivity contribution in [2.75, 3.05) is 18.6 Å². The monoisotopic (exact) mass is 405 g/mol. The summed E-state index contributed by atoms with van der Waals surface area (Å²) in [5.74, 6) is 0.994. The van der Waals surface area contributed by atoms with Gasteiger partial charge in [-0.2, -0.15) is 0 Å². The van der Waals surface area contributed by atoms with Crippen molar-refractivity contribution in [2.24, 2.45) is 0 Å². The Morgan fingerprint density at radius 3 is 2.68 bits per heavy atom. The van der Waals surface area contributed by atoms with Gasteiger partial charge in [-0.05, 0) is 44.2 Å². The second-order valence-electron chi connectivity index (χ2n) is 7.08. The minimum Gasteiger partial charge on any atom is -0.381 e. The quantitative estimate of drug-likeness (QED) is 0.723. The Morgan fingerprint density at radius 1 is 1.16 bits per heavy atom. The van der Waals surface area contributed by atoms with Crippen molar-refractivity contribution < 1.29 is 9.53 Å². The van der Waals surface area contributed by atoms with Gasteiger partial charge in [0.25, 0.3) is 0 Å². The van der Waals surface area contributed by atoms with E-state index < -0.39 is 0 Å². The molecule has 1 aromatic carbocycles. The number of imidazole rings is 1. The van der Waals surface area contributed by atoms with Gasteiger partial charge in [0.2, 0.25) is 11.9 Å². The summed E-state index contributed by atoms with van der Waals surface area (Å²) in [6.07, 6.45) is 6.07. The van der Waals surface area contributed by atoms with Gasteiger partial charge in [0, 0.05) is 30.9 Å². The molecule has 6 heteroatoms. The minimum absolute atomic E-state index is 0.179. The molecule has 2 aromatic rings. The van der Waals surface area contributed by atoms with Crippen LogP contribution >= 0.6 is 15.9 Å². The van der Waals surface area contributed by atoms with Crippen molar-refractivity contribution in [3.8, 4) is 0 Å². The average molecular weight is 406 g/mol. The van der Waals surface area contributed by atoms with Crippen LogP contribution in [0.5, 0.6) is 0 Å². The smallest absolute Gasteiger partial charge is 0.229 e. The molecule has 2 heterocycles. The fourth-order valence-corrected chi connectivity index (χ4v) is 4.64. The van der Waals surface area contributed by atoms with Crippen molar-refractivity contribution in [1.29, 1.82) is 0 Å². The van der Waals surface area contributed by atoms with Crippen LogP contribution in [-0.4, -0.2) is 40.0 Å². The molecule has 4 rings (SSSR count). The summed E-state index contributed by atoms with van der Waals surface area (Å²) < 4.78 is 7.84. The van der Waals surface area contributed by atoms with Gasteiger partial charge in [0.1, 0.15) is 0 Å². The molecule has 0 bridgehead atoms. The van der Waals surface area contributed by atoms with Crippen LogP contribution in [0, 0.1) is 0 Å². The maximum atomic E-state index is 12.6. The normalized spacial score (nSPS) is 27.8. The largest absolute Gasteiger partial charge is 0.381 e. The van der Waals surface area contributed by atoms with Gasteiger partial charge in [-0.25, -0.2) is 4.98 Å². The molecule has 2 fully saturated rings. The average Bonchev–Trinajstić information content (AvgIpc) is 3.03. The molecule has 1 unspecified atom stereocenters. The van der Waals surface area contributed by atoms with Crippen LogP contribution in [0.4, 0.5) is 5.95 Å². The zero-order valence-electron chi connectivity index (χ0n) is 14.5. The first-order valence-corrected chi connectivity index (χ1v) is 10.0. The molecule has 5 nitrogen and oxygen atoms in total. The van der Waals surface area contributed by atoms with E-state index in [1.54, 1.807) is 7.11 Å². The highest BCUT2D eigenvalue weighted by molar-refractivity contribution is 9.09. The highest BCUT2D eigenvalue weighted by Gasteiger charge is 2.32. The van der Waals surface area contributed by atoms with Gasteiger partial charge >= 0.3 is 0 Å². The van der Waals surface area contributed by atoms with Gasteiger partial charge in [0.15, 0.2) is 0 Å². The van der Waals surface area contributed by atoms with Gasteiger partial charge in [-0.3, -0.25) is 9.69 Å². The third-order valence-corrected chi connectivity index (χ3v) is 6.26. The van der Waals surface area contributed by atoms with Gasteiger partial charge in [0.05, 0.1) is 17.1 Å². The first-order valence-electron chi connectivity index (χ1n) is 9.11. The van der Waals surface area contributed by atoms with Crippen molar-refractivity contribution >= 4 is 38.8 Å². The number of alkyl halides is 1. The number of carbonyl (C=O) groups is 1. The van der Waals surface area contributed by atoms with E-state index in [2.05, 4.69) is 32.6 Å². The standard InChI is InChI=1S/C19H24BrN3O2/c1-25-15-9-7-14(8-10-15)23-17-5-3-2-4-16(17)21-19(23)22-12-13(20)6-11-18(22)24/h2-5,13-15H,6-12H2,1H3/t13?,14-,15-. The maximum Gasteiger partial charge on any atom is 0.229 e. The predicted molar refractivity (Wildman–Crippen MR) is 102 cm³/mol. The molecule has 2 aliphatic rings. The molecule has 134 valence electrons. The number of amides is 1. The minimum atomic E-state index is 0.179. The van der Waals surface area contributed by atoms with Gasteiger partial charge in [-0.1, -0.05) is 28.1 Å². The lowest BCUT2D eigenvalue weighted by Crippen LogP contribution is -2.42. The van der Waals surface area contributed by atoms with E-state index in [4.69, 9.17) is 9.72 Å². The first kappa shape index (κ1) is 17.0. The van der Waals surface area contributed by atoms with Gasteiger partial charge in [-0.15, -0.1) is 0 Å². The maximum absolute atomic E-state index is 12.6. The number of aromatic nitrogens is 2. The van der Waals surface area contributed by atoms with E-state index in [0.717, 1.165) is 49.1 Å². The van der Waals surface area contributed by atoms with Crippen LogP contribution < -0.4 is 4.90 Å². The summed E-state index contributed by atoms with van der Waals surface area (Å²) in [6.45, 7) is 0.690. The van der Waals surface area contributed by atoms with E-state index in [1.165, 1.54) is 0 Å². The SMILES string of the molecule is CO[C@H]1CC[C@H](n2c(N3CC(Br)CCC3=O)nc3ccccc32)CC1. The molecule has 1 saturated carbocycles. The Kier molecular flexibility index (Phi) is 4.82. The van der Waals surface area contributed by atoms with E-state index in [1.807, 2.05) is 17.0 Å². The number of hydrogen-bond acceptors (Lipinski definition) is 3. The first-order chi connectivity index (χ1) is 12.2. The predicted octanol–water partition coefficient (Wildman–Crippen LogP) is 4.06. The number of carbonyl (C=O) groups excluding carboxylic acids is 1. The molecule has 1 aliphatic carbocycles. The summed E-state index contributed by atoms with van der Waals surface area (Å²) in [7, 11) is 1.80. The molecule has 1 saturated heterocycles. The van der Waals surface area contributed by atoms with E-state index in [0.29, 0.717) is 29.9 Å². The summed E-state index contributed by atoms with van der Waals surface area (Å²) in [5, 5.41) is 0. The molecule has 1 atom stereocenters. The van der Waals surface area contributed by atoms with Crippen molar-refractivity contribution in [1.82, 2.24) is 9.55 Å². The lowest BCUT2D eigenvalue weighted by atomic mass is 9.92. The molecular weight excluding hydrogens is 382 g/mol. The molecule has 1 aliphatic heterocycles. The molecule has 0 spiro atoms. The van der Waals surface area contributed by atoms with Gasteiger partial charge < -0.3 is 9.30 Å². The Morgan fingerprint density at radius 2 is 1.92 bits per heavy atom. The number of ether oxygens (including phenoxy) is 1. The summed E-state index contributed by atoms with van der Waals surface area (Å²) in [5.41, 5.74) is 2.10. The molecule has 1 amide bonds. The van der Waals surface area contributed by atoms with Crippen LogP contribution in [-0.2, 0) is 9.53 Å². The number of halogens is 1. The van der Waals surface area contributed by atoms with E-state index >= 15 is 0 Å². The molecule has 25 heavy (non-hydrogen) atoms. The summed E-state index contributed by atoms with van der Waals surface area (Å²) in [4.78, 5) is 19.6. The number of rotatable bonds is 3. The number of hydrogen-bond donors (Lipinski definition) is 0. The summed E-state index contributed by atoms with van der Waals surface area (Å²) >= 11 is 3.69. The van der Waals surface area contributed by atoms with Crippen LogP contribution in [0.3, 0.4) is 0 Å². The fourth-order valence-electron chi connectivity index (χ4n) is 4.12. The lowest BCUT2D eigenvalue weighted by Gasteiger charge is -2.34. The Bertz CT molecular complexity index is 767. The zero-order valence-corrected chi connectivity index (χ0v) is 16.1. The fraction of sp³-hybridized carbons (Fsp3) is 0.579. The molecule has 0 N–H and O–H groups in total. The number of methoxy groups -OCH3 is 1. The number of piperidine rings is 1. The Labute approximate surface area is 156 Å². The van der Waals surface area contributed by atoms with Crippen molar-refractivity contribution in [3.63, 3.8) is 0 Å². The zero-order chi connectivity index (χ0) is 17.4. The lowest BCUT2D eigenvalue weighted by molar-refractivity contribution is -0.119. The molecular formula is C19H24BrN3O2. The Balaban J connectivity index is 1.75. The third-order valence-electron chi connectivity index (χ3n) is 5.51. The van der Waals surface area contributed by atoms with E-state index in [9.17, 15) is 4.79 Å². The Hall–Kier alpha value is -1.40. The second-order valence-corrected chi connectivity index (χ2v) is 8.37.